The number of piperazine rings is 1. The number of aliphatic hydroxyl groups is 1. The number of carbonyl (C=O) groups excluding carboxylic acids is 2. The van der Waals surface area contributed by atoms with Crippen molar-refractivity contribution in [2.75, 3.05) is 51.3 Å². The third kappa shape index (κ3) is 4.65. The van der Waals surface area contributed by atoms with Crippen molar-refractivity contribution in [3.8, 4) is 11.5 Å². The Morgan fingerprint density at radius 2 is 2.09 bits per heavy atom. The topological polar surface area (TPSA) is 108 Å². The first-order valence-electron chi connectivity index (χ1n) is 11.2. The molecule has 2 atom stereocenters. The minimum absolute atomic E-state index is 0.0358. The molecule has 0 bridgehead atoms. The molecule has 10 heteroatoms. The number of rotatable bonds is 6. The second-order valence-electron chi connectivity index (χ2n) is 8.75. The van der Waals surface area contributed by atoms with Gasteiger partial charge in [0.15, 0.2) is 16.7 Å². The summed E-state index contributed by atoms with van der Waals surface area (Å²) < 4.78 is 10.9. The largest absolute Gasteiger partial charge is 0.463 e. The Morgan fingerprint density at radius 3 is 2.88 bits per heavy atom. The van der Waals surface area contributed by atoms with Crippen LogP contribution >= 0.6 is 11.3 Å². The number of hydrogen-bond donors (Lipinski definition) is 2. The second-order valence-corrected chi connectivity index (χ2v) is 9.75. The van der Waals surface area contributed by atoms with Crippen LogP contribution in [0.2, 0.25) is 0 Å². The Balaban J connectivity index is 1.27. The number of thiazole rings is 1. The maximum Gasteiger partial charge on any atom is 0.240 e. The molecule has 32 heavy (non-hydrogen) atoms. The van der Waals surface area contributed by atoms with E-state index < -0.39 is 0 Å². The molecular formula is C22H28N4O5S. The summed E-state index contributed by atoms with van der Waals surface area (Å²) in [6.45, 7) is 4.58. The molecule has 172 valence electrons. The predicted octanol–water partition coefficient (Wildman–Crippen LogP) is 1.70. The molecule has 0 spiro atoms. The zero-order valence-corrected chi connectivity index (χ0v) is 18.7. The van der Waals surface area contributed by atoms with E-state index in [0.29, 0.717) is 53.6 Å². The van der Waals surface area contributed by atoms with Gasteiger partial charge in [0.1, 0.15) is 10.6 Å². The fourth-order valence-corrected chi connectivity index (χ4v) is 5.86. The summed E-state index contributed by atoms with van der Waals surface area (Å²) in [5.74, 6) is 0.308. The van der Waals surface area contributed by atoms with Crippen LogP contribution in [-0.2, 0) is 9.53 Å². The number of carbonyl (C=O) groups is 2. The predicted molar refractivity (Wildman–Crippen MR) is 119 cm³/mol. The number of amides is 1. The highest BCUT2D eigenvalue weighted by Gasteiger charge is 2.36. The number of nitrogens with one attached hydrogen (secondary N) is 1. The first kappa shape index (κ1) is 21.7. The number of nitrogens with zero attached hydrogens (tertiary/aromatic N) is 3. The van der Waals surface area contributed by atoms with E-state index in [1.165, 1.54) is 11.3 Å². The summed E-state index contributed by atoms with van der Waals surface area (Å²) in [7, 11) is 0. The Morgan fingerprint density at radius 1 is 1.25 bits per heavy atom. The lowest BCUT2D eigenvalue weighted by atomic mass is 9.94. The van der Waals surface area contributed by atoms with Gasteiger partial charge in [-0.3, -0.25) is 19.4 Å². The smallest absolute Gasteiger partial charge is 0.240 e. The van der Waals surface area contributed by atoms with Crippen LogP contribution in [-0.4, -0.2) is 89.7 Å². The molecule has 0 unspecified atom stereocenters. The maximum absolute atomic E-state index is 13.2. The second kappa shape index (κ2) is 9.40. The first-order valence-corrected chi connectivity index (χ1v) is 12.0. The highest BCUT2D eigenvalue weighted by atomic mass is 32.1. The van der Waals surface area contributed by atoms with Crippen molar-refractivity contribution in [2.45, 2.75) is 31.4 Å². The lowest BCUT2D eigenvalue weighted by molar-refractivity contribution is -0.117. The molecule has 2 N–H and O–H groups in total. The maximum atomic E-state index is 13.2. The Hall–Kier alpha value is -2.11. The number of aliphatic hydroxyl groups excluding tert-OH is 1. The molecule has 1 amide bonds. The van der Waals surface area contributed by atoms with Crippen molar-refractivity contribution < 1.29 is 23.8 Å². The molecule has 2 aromatic heterocycles. The van der Waals surface area contributed by atoms with Crippen molar-refractivity contribution in [3.05, 3.63) is 23.3 Å². The normalized spacial score (nSPS) is 25.0. The highest BCUT2D eigenvalue weighted by molar-refractivity contribution is 7.18. The molecule has 0 saturated carbocycles. The molecule has 2 aromatic rings. The van der Waals surface area contributed by atoms with Crippen molar-refractivity contribution >= 4 is 28.2 Å². The molecule has 0 radical (unpaired) electrons. The summed E-state index contributed by atoms with van der Waals surface area (Å²) >= 11 is 1.21. The molecule has 5 heterocycles. The Labute approximate surface area is 190 Å². The van der Waals surface area contributed by atoms with Crippen LogP contribution in [0, 0.1) is 5.92 Å². The summed E-state index contributed by atoms with van der Waals surface area (Å²) in [4.78, 5) is 35.4. The van der Waals surface area contributed by atoms with Gasteiger partial charge in [-0.25, -0.2) is 4.98 Å². The summed E-state index contributed by atoms with van der Waals surface area (Å²) in [5, 5.41) is 13.2. The standard InChI is InChI=1S/C22H28N4O5S/c27-16-10-15-11-25(5-6-26(15)12-16)13-18(28)23-22-24-19(17-2-1-7-31-17)21(32-22)20(29)14-3-8-30-9-4-14/h1-2,7,14-16,27H,3-6,8-13H2,(H,23,24,28)/t15-,16-/m0/s1. The average molecular weight is 461 g/mol. The zero-order chi connectivity index (χ0) is 22.1. The van der Waals surface area contributed by atoms with Gasteiger partial charge in [-0.1, -0.05) is 11.3 Å². The average Bonchev–Trinajstić information content (AvgIpc) is 3.52. The summed E-state index contributed by atoms with van der Waals surface area (Å²) in [5.41, 5.74) is 0.486. The number of fused-ring (bicyclic) bond motifs is 1. The molecule has 9 nitrogen and oxygen atoms in total. The van der Waals surface area contributed by atoms with Crippen molar-refractivity contribution in [1.82, 2.24) is 14.8 Å². The van der Waals surface area contributed by atoms with E-state index in [-0.39, 0.29) is 30.3 Å². The lowest BCUT2D eigenvalue weighted by Gasteiger charge is -2.36. The van der Waals surface area contributed by atoms with E-state index >= 15 is 0 Å². The van der Waals surface area contributed by atoms with Gasteiger partial charge in [0, 0.05) is 51.4 Å². The van der Waals surface area contributed by atoms with E-state index in [9.17, 15) is 14.7 Å². The number of ketones is 1. The van der Waals surface area contributed by atoms with Gasteiger partial charge in [-0.15, -0.1) is 0 Å². The summed E-state index contributed by atoms with van der Waals surface area (Å²) in [6.07, 6.45) is 3.43. The zero-order valence-electron chi connectivity index (χ0n) is 17.9. The van der Waals surface area contributed by atoms with Crippen LogP contribution in [0.15, 0.2) is 22.8 Å². The van der Waals surface area contributed by atoms with E-state index in [1.54, 1.807) is 18.4 Å². The molecular weight excluding hydrogens is 432 g/mol. The van der Waals surface area contributed by atoms with Crippen LogP contribution in [0.4, 0.5) is 5.13 Å². The lowest BCUT2D eigenvalue weighted by Crippen LogP contribution is -2.51. The minimum atomic E-state index is -0.268. The van der Waals surface area contributed by atoms with Crippen LogP contribution < -0.4 is 5.32 Å². The van der Waals surface area contributed by atoms with Crippen LogP contribution in [0.25, 0.3) is 11.5 Å². The number of hydrogen-bond acceptors (Lipinski definition) is 9. The van der Waals surface area contributed by atoms with Gasteiger partial charge < -0.3 is 19.6 Å². The Kier molecular flexibility index (Phi) is 6.38. The molecule has 0 aromatic carbocycles. The highest BCUT2D eigenvalue weighted by Crippen LogP contribution is 2.35. The summed E-state index contributed by atoms with van der Waals surface area (Å²) in [6, 6.07) is 3.84. The fourth-order valence-electron chi connectivity index (χ4n) is 4.85. The van der Waals surface area contributed by atoms with Gasteiger partial charge in [0.2, 0.25) is 5.91 Å². The van der Waals surface area contributed by atoms with Gasteiger partial charge in [0.25, 0.3) is 0 Å². The van der Waals surface area contributed by atoms with Gasteiger partial charge >= 0.3 is 0 Å². The third-order valence-corrected chi connectivity index (χ3v) is 7.47. The monoisotopic (exact) mass is 460 g/mol. The SMILES string of the molecule is O=C(CN1CCN2C[C@@H](O)C[C@H]2C1)Nc1nc(-c2ccco2)c(C(=O)C2CCOCC2)s1. The van der Waals surface area contributed by atoms with Gasteiger partial charge in [0.05, 0.1) is 18.9 Å². The van der Waals surface area contributed by atoms with E-state index in [2.05, 4.69) is 20.1 Å². The van der Waals surface area contributed by atoms with Crippen molar-refractivity contribution in [3.63, 3.8) is 0 Å². The van der Waals surface area contributed by atoms with E-state index in [4.69, 9.17) is 9.15 Å². The number of ether oxygens (including phenoxy) is 1. The van der Waals surface area contributed by atoms with Crippen LogP contribution in [0.5, 0.6) is 0 Å². The minimum Gasteiger partial charge on any atom is -0.463 e. The van der Waals surface area contributed by atoms with E-state index in [0.717, 1.165) is 32.6 Å². The number of furan rings is 1. The van der Waals surface area contributed by atoms with Crippen molar-refractivity contribution in [1.29, 1.82) is 0 Å². The third-order valence-electron chi connectivity index (χ3n) is 6.49. The first-order chi connectivity index (χ1) is 15.6. The molecule has 5 rings (SSSR count). The fraction of sp³-hybridized carbons (Fsp3) is 0.591. The van der Waals surface area contributed by atoms with Crippen molar-refractivity contribution in [2.24, 2.45) is 5.92 Å². The van der Waals surface area contributed by atoms with E-state index in [1.807, 2.05) is 0 Å². The molecule has 3 aliphatic rings. The number of aromatic nitrogens is 1. The quantitative estimate of drug-likeness (QED) is 0.627. The number of Topliss-reactive ketones (excluding diaryl/α,β-unsaturated/α-hetero) is 1. The van der Waals surface area contributed by atoms with Crippen LogP contribution in [0.3, 0.4) is 0 Å². The molecule has 3 fully saturated rings. The Bertz CT molecular complexity index is 956. The molecule has 3 aliphatic heterocycles. The number of anilines is 1. The molecule has 3 saturated heterocycles. The van der Waals surface area contributed by atoms with Gasteiger partial charge in [-0.2, -0.15) is 0 Å². The molecule has 0 aliphatic carbocycles. The van der Waals surface area contributed by atoms with Gasteiger partial charge in [-0.05, 0) is 31.4 Å². The van der Waals surface area contributed by atoms with Crippen LogP contribution in [0.1, 0.15) is 28.9 Å².